The normalized spacial score (nSPS) is 10.3. The topological polar surface area (TPSA) is 63.1 Å². The van der Waals surface area contributed by atoms with Crippen LogP contribution in [0.5, 0.6) is 0 Å². The predicted molar refractivity (Wildman–Crippen MR) is 83.2 cm³/mol. The maximum absolute atomic E-state index is 12.0. The van der Waals surface area contributed by atoms with Gasteiger partial charge in [-0.1, -0.05) is 25.1 Å². The van der Waals surface area contributed by atoms with Crippen molar-refractivity contribution in [1.29, 1.82) is 0 Å². The van der Waals surface area contributed by atoms with Gasteiger partial charge < -0.3 is 15.2 Å². The van der Waals surface area contributed by atoms with Crippen molar-refractivity contribution in [3.05, 3.63) is 64.6 Å². The van der Waals surface area contributed by atoms with Gasteiger partial charge in [-0.15, -0.1) is 0 Å². The van der Waals surface area contributed by atoms with E-state index in [1.54, 1.807) is 18.3 Å². The van der Waals surface area contributed by atoms with E-state index >= 15 is 0 Å². The van der Waals surface area contributed by atoms with Gasteiger partial charge in [-0.05, 0) is 30.3 Å². The van der Waals surface area contributed by atoms with E-state index in [1.165, 1.54) is 10.6 Å². The zero-order valence-corrected chi connectivity index (χ0v) is 12.0. The van der Waals surface area contributed by atoms with E-state index in [4.69, 9.17) is 0 Å². The molecule has 0 bridgehead atoms. The highest BCUT2D eigenvalue weighted by Gasteiger charge is 2.05. The zero-order valence-electron chi connectivity index (χ0n) is 12.0. The van der Waals surface area contributed by atoms with Crippen molar-refractivity contribution in [2.24, 2.45) is 0 Å². The fourth-order valence-electron chi connectivity index (χ4n) is 1.97. The first kappa shape index (κ1) is 15.0. The van der Waals surface area contributed by atoms with E-state index in [-0.39, 0.29) is 18.0 Å². The lowest BCUT2D eigenvalue weighted by Crippen LogP contribution is -2.26. The Morgan fingerprint density at radius 1 is 1.19 bits per heavy atom. The maximum atomic E-state index is 12.0. The third-order valence-corrected chi connectivity index (χ3v) is 3.00. The fraction of sp³-hybridized carbons (Fsp3) is 0.250. The minimum absolute atomic E-state index is 0.0110. The molecule has 110 valence electrons. The van der Waals surface area contributed by atoms with Crippen molar-refractivity contribution in [1.82, 2.24) is 9.88 Å². The highest BCUT2D eigenvalue weighted by Crippen LogP contribution is 2.10. The van der Waals surface area contributed by atoms with Gasteiger partial charge in [0.05, 0.1) is 0 Å². The second-order valence-corrected chi connectivity index (χ2v) is 4.70. The van der Waals surface area contributed by atoms with Crippen molar-refractivity contribution in [3.8, 4) is 0 Å². The van der Waals surface area contributed by atoms with Crippen LogP contribution in [-0.2, 0) is 17.9 Å². The molecule has 0 atom stereocenters. The Morgan fingerprint density at radius 2 is 2.05 bits per heavy atom. The summed E-state index contributed by atoms with van der Waals surface area (Å²) in [5.74, 6) is -0.219. The van der Waals surface area contributed by atoms with Crippen LogP contribution in [0.2, 0.25) is 0 Å². The highest BCUT2D eigenvalue weighted by atomic mass is 16.2. The number of rotatable bonds is 6. The van der Waals surface area contributed by atoms with Gasteiger partial charge >= 0.3 is 0 Å². The first-order valence-corrected chi connectivity index (χ1v) is 6.94. The van der Waals surface area contributed by atoms with Crippen LogP contribution in [0.1, 0.15) is 12.5 Å². The van der Waals surface area contributed by atoms with Crippen LogP contribution < -0.4 is 16.2 Å². The van der Waals surface area contributed by atoms with E-state index in [1.807, 2.05) is 31.2 Å². The van der Waals surface area contributed by atoms with E-state index in [0.29, 0.717) is 0 Å². The summed E-state index contributed by atoms with van der Waals surface area (Å²) in [4.78, 5) is 23.5. The highest BCUT2D eigenvalue weighted by molar-refractivity contribution is 5.90. The lowest BCUT2D eigenvalue weighted by molar-refractivity contribution is -0.116. The van der Waals surface area contributed by atoms with Crippen molar-refractivity contribution in [3.63, 3.8) is 0 Å². The Labute approximate surface area is 123 Å². The van der Waals surface area contributed by atoms with E-state index in [9.17, 15) is 9.59 Å². The van der Waals surface area contributed by atoms with Gasteiger partial charge in [0.1, 0.15) is 6.54 Å². The van der Waals surface area contributed by atoms with Gasteiger partial charge in [-0.3, -0.25) is 9.59 Å². The molecule has 2 aromatic rings. The smallest absolute Gasteiger partial charge is 0.250 e. The van der Waals surface area contributed by atoms with Crippen LogP contribution in [0.25, 0.3) is 0 Å². The summed E-state index contributed by atoms with van der Waals surface area (Å²) in [5, 5.41) is 6.04. The summed E-state index contributed by atoms with van der Waals surface area (Å²) in [6.45, 7) is 3.71. The third-order valence-electron chi connectivity index (χ3n) is 3.00. The number of nitrogens with zero attached hydrogens (tertiary/aromatic N) is 1. The van der Waals surface area contributed by atoms with Crippen LogP contribution in [0.4, 0.5) is 5.69 Å². The first-order chi connectivity index (χ1) is 10.2. The number of benzene rings is 1. The van der Waals surface area contributed by atoms with E-state index in [0.717, 1.165) is 24.3 Å². The number of amides is 1. The van der Waals surface area contributed by atoms with Crippen LogP contribution in [0.15, 0.2) is 53.5 Å². The first-order valence-electron chi connectivity index (χ1n) is 6.94. The molecule has 2 rings (SSSR count). The number of pyridine rings is 1. The van der Waals surface area contributed by atoms with Gasteiger partial charge in [0.2, 0.25) is 5.91 Å². The number of carbonyl (C=O) groups excluding carboxylic acids is 1. The molecule has 1 heterocycles. The Hall–Kier alpha value is -2.40. The second-order valence-electron chi connectivity index (χ2n) is 4.70. The molecule has 2 N–H and O–H groups in total. The average Bonchev–Trinajstić information content (AvgIpc) is 2.48. The number of aromatic nitrogens is 1. The van der Waals surface area contributed by atoms with Crippen LogP contribution in [-0.4, -0.2) is 17.0 Å². The Balaban J connectivity index is 1.99. The van der Waals surface area contributed by atoms with Crippen LogP contribution in [0, 0.1) is 0 Å². The van der Waals surface area contributed by atoms with Crippen molar-refractivity contribution in [2.75, 3.05) is 11.9 Å². The van der Waals surface area contributed by atoms with Gasteiger partial charge in [-0.25, -0.2) is 0 Å². The molecule has 0 radical (unpaired) electrons. The molecule has 5 heteroatoms. The van der Waals surface area contributed by atoms with Crippen LogP contribution in [0.3, 0.4) is 0 Å². The monoisotopic (exact) mass is 285 g/mol. The molecule has 0 unspecified atom stereocenters. The standard InChI is InChI=1S/C16H19N3O2/c1-2-17-11-13-6-5-7-14(10-13)18-15(20)12-19-9-4-3-8-16(19)21/h3-10,17H,2,11-12H2,1H3,(H,18,20). The SMILES string of the molecule is CCNCc1cccc(NC(=O)Cn2ccccc2=O)c1. The molecule has 0 spiro atoms. The van der Waals surface area contributed by atoms with Gasteiger partial charge in [0, 0.05) is 24.5 Å². The molecule has 0 saturated heterocycles. The quantitative estimate of drug-likeness (QED) is 0.847. The minimum atomic E-state index is -0.219. The molecule has 0 saturated carbocycles. The lowest BCUT2D eigenvalue weighted by Gasteiger charge is -2.09. The van der Waals surface area contributed by atoms with E-state index < -0.39 is 0 Å². The summed E-state index contributed by atoms with van der Waals surface area (Å²) in [6, 6.07) is 12.5. The van der Waals surface area contributed by atoms with Crippen LogP contribution >= 0.6 is 0 Å². The second kappa shape index (κ2) is 7.40. The third kappa shape index (κ3) is 4.57. The molecule has 0 aliphatic rings. The Morgan fingerprint density at radius 3 is 2.81 bits per heavy atom. The van der Waals surface area contributed by atoms with Crippen molar-refractivity contribution >= 4 is 11.6 Å². The molecular weight excluding hydrogens is 266 g/mol. The Kier molecular flexibility index (Phi) is 5.29. The van der Waals surface area contributed by atoms with Crippen molar-refractivity contribution in [2.45, 2.75) is 20.0 Å². The number of hydrogen-bond donors (Lipinski definition) is 2. The zero-order chi connectivity index (χ0) is 15.1. The maximum Gasteiger partial charge on any atom is 0.250 e. The number of nitrogens with one attached hydrogen (secondary N) is 2. The molecule has 0 aliphatic carbocycles. The fourth-order valence-corrected chi connectivity index (χ4v) is 1.97. The summed E-state index contributed by atoms with van der Waals surface area (Å²) < 4.78 is 1.37. The number of anilines is 1. The molecule has 1 aromatic carbocycles. The summed E-state index contributed by atoms with van der Waals surface area (Å²) in [6.07, 6.45) is 1.60. The summed E-state index contributed by atoms with van der Waals surface area (Å²) >= 11 is 0. The molecule has 5 nitrogen and oxygen atoms in total. The molecule has 1 aromatic heterocycles. The summed E-state index contributed by atoms with van der Waals surface area (Å²) in [7, 11) is 0. The number of carbonyl (C=O) groups is 1. The Bertz CT molecular complexity index is 664. The molecule has 0 fully saturated rings. The largest absolute Gasteiger partial charge is 0.325 e. The molecule has 1 amide bonds. The number of hydrogen-bond acceptors (Lipinski definition) is 3. The van der Waals surface area contributed by atoms with Gasteiger partial charge in [0.25, 0.3) is 5.56 Å². The van der Waals surface area contributed by atoms with Gasteiger partial charge in [0.15, 0.2) is 0 Å². The minimum Gasteiger partial charge on any atom is -0.325 e. The molecule has 21 heavy (non-hydrogen) atoms. The summed E-state index contributed by atoms with van der Waals surface area (Å²) in [5.41, 5.74) is 1.65. The van der Waals surface area contributed by atoms with Gasteiger partial charge in [-0.2, -0.15) is 0 Å². The predicted octanol–water partition coefficient (Wildman–Crippen LogP) is 1.60. The average molecular weight is 285 g/mol. The molecule has 0 aliphatic heterocycles. The van der Waals surface area contributed by atoms with E-state index in [2.05, 4.69) is 10.6 Å². The lowest BCUT2D eigenvalue weighted by atomic mass is 10.2. The molecular formula is C16H19N3O2. The van der Waals surface area contributed by atoms with Crippen molar-refractivity contribution < 1.29 is 4.79 Å².